The average Bonchev–Trinajstić information content (AvgIpc) is 2.68. The monoisotopic (exact) mass is 387 g/mol. The molecule has 0 bridgehead atoms. The Morgan fingerprint density at radius 3 is 2.30 bits per heavy atom. The Balaban J connectivity index is 0.00000261. The highest BCUT2D eigenvalue weighted by atomic mass is 35.5. The summed E-state index contributed by atoms with van der Waals surface area (Å²) in [6.07, 6.45) is 1.79. The molecule has 2 aromatic rings. The lowest BCUT2D eigenvalue weighted by molar-refractivity contribution is 0.0772. The number of rotatable bonds is 4. The first-order valence-corrected chi connectivity index (χ1v) is 9.15. The molecule has 0 fully saturated rings. The summed E-state index contributed by atoms with van der Waals surface area (Å²) in [6, 6.07) is 12.6. The number of nitrogens with zero attached hydrogens (tertiary/aromatic N) is 2. The van der Waals surface area contributed by atoms with Crippen molar-refractivity contribution in [3.63, 3.8) is 0 Å². The molecule has 5 nitrogen and oxygen atoms in total. The molecular weight excluding hydrogens is 362 g/mol. The molecule has 144 valence electrons. The Morgan fingerprint density at radius 2 is 1.67 bits per heavy atom. The number of nitrogen functional groups attached to an aromatic ring is 1. The highest BCUT2D eigenvalue weighted by Crippen LogP contribution is 2.32. The maximum atomic E-state index is 13.0. The second-order valence-corrected chi connectivity index (χ2v) is 6.46. The molecule has 1 aliphatic rings. The maximum absolute atomic E-state index is 13.0. The van der Waals surface area contributed by atoms with Gasteiger partial charge in [0.2, 0.25) is 0 Å². The number of benzene rings is 2. The lowest BCUT2D eigenvalue weighted by Crippen LogP contribution is -2.35. The Hall–Kier alpha value is -2.53. The Bertz CT molecular complexity index is 817. The Morgan fingerprint density at radius 1 is 1.04 bits per heavy atom. The van der Waals surface area contributed by atoms with Crippen molar-refractivity contribution >= 4 is 35.6 Å². The molecule has 0 saturated carbocycles. The van der Waals surface area contributed by atoms with Crippen LogP contribution in [-0.4, -0.2) is 36.3 Å². The standard InChI is InChI=1S/C21H25N3O2.ClH/c1-3-23(4-2)20(25)15-10-12-16(13-11-15)21(26)24-14-6-7-17-18(22)8-5-9-19(17)24;/h5,8-13H,3-4,6-7,14,22H2,1-2H3;1H. The highest BCUT2D eigenvalue weighted by molar-refractivity contribution is 6.07. The van der Waals surface area contributed by atoms with Gasteiger partial charge < -0.3 is 15.5 Å². The minimum atomic E-state index is -0.0570. The largest absolute Gasteiger partial charge is 0.398 e. The van der Waals surface area contributed by atoms with E-state index in [0.717, 1.165) is 29.8 Å². The zero-order valence-electron chi connectivity index (χ0n) is 15.8. The van der Waals surface area contributed by atoms with Crippen molar-refractivity contribution in [1.82, 2.24) is 4.90 Å². The molecule has 0 atom stereocenters. The van der Waals surface area contributed by atoms with Gasteiger partial charge in [-0.15, -0.1) is 12.4 Å². The summed E-state index contributed by atoms with van der Waals surface area (Å²) in [5, 5.41) is 0. The molecule has 3 rings (SSSR count). The van der Waals surface area contributed by atoms with Gasteiger partial charge in [0.05, 0.1) is 0 Å². The van der Waals surface area contributed by atoms with E-state index in [0.29, 0.717) is 30.8 Å². The molecule has 0 unspecified atom stereocenters. The molecule has 27 heavy (non-hydrogen) atoms. The van der Waals surface area contributed by atoms with Crippen molar-refractivity contribution in [2.45, 2.75) is 26.7 Å². The summed E-state index contributed by atoms with van der Waals surface area (Å²) in [5.41, 5.74) is 9.93. The minimum absolute atomic E-state index is 0. The van der Waals surface area contributed by atoms with Crippen molar-refractivity contribution in [3.8, 4) is 0 Å². The second-order valence-electron chi connectivity index (χ2n) is 6.46. The fourth-order valence-corrected chi connectivity index (χ4v) is 3.47. The first-order chi connectivity index (χ1) is 12.6. The number of amides is 2. The molecule has 0 saturated heterocycles. The third kappa shape index (κ3) is 4.08. The lowest BCUT2D eigenvalue weighted by Gasteiger charge is -2.30. The van der Waals surface area contributed by atoms with E-state index in [9.17, 15) is 9.59 Å². The van der Waals surface area contributed by atoms with Crippen LogP contribution in [0, 0.1) is 0 Å². The van der Waals surface area contributed by atoms with Crippen molar-refractivity contribution in [2.24, 2.45) is 0 Å². The van der Waals surface area contributed by atoms with E-state index in [4.69, 9.17) is 5.73 Å². The summed E-state index contributed by atoms with van der Waals surface area (Å²) in [5.74, 6) is -0.0662. The van der Waals surface area contributed by atoms with Gasteiger partial charge in [-0.1, -0.05) is 6.07 Å². The number of carbonyl (C=O) groups is 2. The zero-order valence-corrected chi connectivity index (χ0v) is 16.6. The minimum Gasteiger partial charge on any atom is -0.398 e. The van der Waals surface area contributed by atoms with E-state index in [1.54, 1.807) is 34.1 Å². The van der Waals surface area contributed by atoms with Crippen LogP contribution in [-0.2, 0) is 6.42 Å². The molecule has 0 aromatic heterocycles. The Labute approximate surface area is 166 Å². The number of fused-ring (bicyclic) bond motifs is 1. The summed E-state index contributed by atoms with van der Waals surface area (Å²) in [7, 11) is 0. The fraction of sp³-hybridized carbons (Fsp3) is 0.333. The van der Waals surface area contributed by atoms with Gasteiger partial charge in [-0.25, -0.2) is 0 Å². The molecule has 6 heteroatoms. The van der Waals surface area contributed by atoms with E-state index in [-0.39, 0.29) is 24.2 Å². The number of hydrogen-bond donors (Lipinski definition) is 1. The molecule has 1 aliphatic heterocycles. The van der Waals surface area contributed by atoms with Crippen molar-refractivity contribution in [3.05, 3.63) is 59.2 Å². The molecular formula is C21H26ClN3O2. The fourth-order valence-electron chi connectivity index (χ4n) is 3.47. The van der Waals surface area contributed by atoms with Gasteiger partial charge in [0.1, 0.15) is 0 Å². The smallest absolute Gasteiger partial charge is 0.258 e. The van der Waals surface area contributed by atoms with Crippen LogP contribution in [0.4, 0.5) is 11.4 Å². The zero-order chi connectivity index (χ0) is 18.7. The maximum Gasteiger partial charge on any atom is 0.258 e. The normalized spacial score (nSPS) is 12.7. The molecule has 0 radical (unpaired) electrons. The summed E-state index contributed by atoms with van der Waals surface area (Å²) in [4.78, 5) is 29.0. The molecule has 1 heterocycles. The Kier molecular flexibility index (Phi) is 6.86. The summed E-state index contributed by atoms with van der Waals surface area (Å²) in [6.45, 7) is 5.93. The molecule has 0 aliphatic carbocycles. The predicted octanol–water partition coefficient (Wildman–Crippen LogP) is 3.77. The number of halogens is 1. The second kappa shape index (κ2) is 8.91. The van der Waals surface area contributed by atoms with E-state index in [1.807, 2.05) is 32.0 Å². The van der Waals surface area contributed by atoms with Gasteiger partial charge in [-0.05, 0) is 68.7 Å². The van der Waals surface area contributed by atoms with Crippen LogP contribution in [0.3, 0.4) is 0 Å². The molecule has 0 spiro atoms. The van der Waals surface area contributed by atoms with Gasteiger partial charge in [0.25, 0.3) is 11.8 Å². The summed E-state index contributed by atoms with van der Waals surface area (Å²) >= 11 is 0. The number of nitrogens with two attached hydrogens (primary N) is 1. The van der Waals surface area contributed by atoms with Gasteiger partial charge >= 0.3 is 0 Å². The van der Waals surface area contributed by atoms with Gasteiger partial charge in [-0.3, -0.25) is 9.59 Å². The van der Waals surface area contributed by atoms with Gasteiger partial charge in [0.15, 0.2) is 0 Å². The molecule has 2 amide bonds. The van der Waals surface area contributed by atoms with Gasteiger partial charge in [0, 0.05) is 42.1 Å². The van der Waals surface area contributed by atoms with Crippen molar-refractivity contribution < 1.29 is 9.59 Å². The highest BCUT2D eigenvalue weighted by Gasteiger charge is 2.25. The quantitative estimate of drug-likeness (QED) is 0.812. The molecule has 2 aromatic carbocycles. The first-order valence-electron chi connectivity index (χ1n) is 9.15. The average molecular weight is 388 g/mol. The molecule has 2 N–H and O–H groups in total. The van der Waals surface area contributed by atoms with Gasteiger partial charge in [-0.2, -0.15) is 0 Å². The van der Waals surface area contributed by atoms with E-state index in [2.05, 4.69) is 0 Å². The third-order valence-electron chi connectivity index (χ3n) is 4.96. The van der Waals surface area contributed by atoms with Crippen LogP contribution >= 0.6 is 12.4 Å². The first kappa shape index (κ1) is 20.8. The number of carbonyl (C=O) groups excluding carboxylic acids is 2. The predicted molar refractivity (Wildman–Crippen MR) is 112 cm³/mol. The topological polar surface area (TPSA) is 66.6 Å². The van der Waals surface area contributed by atoms with E-state index in [1.165, 1.54) is 0 Å². The van der Waals surface area contributed by atoms with Crippen LogP contribution in [0.1, 0.15) is 46.5 Å². The van der Waals surface area contributed by atoms with Crippen LogP contribution < -0.4 is 10.6 Å². The lowest BCUT2D eigenvalue weighted by atomic mass is 9.99. The van der Waals surface area contributed by atoms with E-state index >= 15 is 0 Å². The number of anilines is 2. The van der Waals surface area contributed by atoms with Crippen LogP contribution in [0.2, 0.25) is 0 Å². The van der Waals surface area contributed by atoms with Crippen LogP contribution in [0.15, 0.2) is 42.5 Å². The van der Waals surface area contributed by atoms with Crippen molar-refractivity contribution in [2.75, 3.05) is 30.3 Å². The van der Waals surface area contributed by atoms with E-state index < -0.39 is 0 Å². The van der Waals surface area contributed by atoms with Crippen LogP contribution in [0.5, 0.6) is 0 Å². The van der Waals surface area contributed by atoms with Crippen LogP contribution in [0.25, 0.3) is 0 Å². The summed E-state index contributed by atoms with van der Waals surface area (Å²) < 4.78 is 0. The SMILES string of the molecule is CCN(CC)C(=O)c1ccc(C(=O)N2CCCc3c(N)cccc32)cc1.Cl. The number of hydrogen-bond acceptors (Lipinski definition) is 3. The third-order valence-corrected chi connectivity index (χ3v) is 4.96. The van der Waals surface area contributed by atoms with Crippen molar-refractivity contribution in [1.29, 1.82) is 0 Å².